The molecule has 4 heteroatoms. The molecule has 0 saturated carbocycles. The first-order chi connectivity index (χ1) is 10.5. The van der Waals surface area contributed by atoms with E-state index in [1.54, 1.807) is 4.90 Å². The number of carbonyl (C=O) groups excluding carboxylic acids is 2. The zero-order valence-corrected chi connectivity index (χ0v) is 12.6. The lowest BCUT2D eigenvalue weighted by Crippen LogP contribution is -2.24. The number of hydrogen-bond acceptors (Lipinski definition) is 2. The lowest BCUT2D eigenvalue weighted by atomic mass is 10.1. The third-order valence-electron chi connectivity index (χ3n) is 3.13. The van der Waals surface area contributed by atoms with E-state index in [2.05, 4.69) is 0 Å². The first kappa shape index (κ1) is 15.5. The molecule has 4 nitrogen and oxygen atoms in total. The smallest absolute Gasteiger partial charge is 0.255 e. The Morgan fingerprint density at radius 3 is 1.82 bits per heavy atom. The molecule has 2 aromatic rings. The fraction of sp³-hybridized carbons (Fsp3) is 0.111. The van der Waals surface area contributed by atoms with Gasteiger partial charge < -0.3 is 5.73 Å². The van der Waals surface area contributed by atoms with Crippen molar-refractivity contribution in [3.63, 3.8) is 0 Å². The maximum absolute atomic E-state index is 12.5. The molecular formula is C18H18N2O2. The highest BCUT2D eigenvalue weighted by molar-refractivity contribution is 6.09. The Bertz CT molecular complexity index is 690. The number of carbonyl (C=O) groups is 2. The van der Waals surface area contributed by atoms with E-state index in [4.69, 9.17) is 5.73 Å². The summed E-state index contributed by atoms with van der Waals surface area (Å²) >= 11 is 0. The molecule has 0 radical (unpaired) electrons. The Kier molecular flexibility index (Phi) is 4.73. The van der Waals surface area contributed by atoms with Crippen LogP contribution in [0, 0.1) is 13.8 Å². The van der Waals surface area contributed by atoms with Crippen molar-refractivity contribution < 1.29 is 9.59 Å². The van der Waals surface area contributed by atoms with Crippen LogP contribution < -0.4 is 10.6 Å². The molecule has 0 saturated heterocycles. The predicted molar refractivity (Wildman–Crippen MR) is 87.8 cm³/mol. The molecule has 0 bridgehead atoms. The highest BCUT2D eigenvalue weighted by atomic mass is 16.2. The van der Waals surface area contributed by atoms with E-state index in [1.165, 1.54) is 6.08 Å². The second kappa shape index (κ2) is 6.72. The van der Waals surface area contributed by atoms with Gasteiger partial charge in [0.25, 0.3) is 5.91 Å². The Hall–Kier alpha value is -2.88. The number of anilines is 2. The summed E-state index contributed by atoms with van der Waals surface area (Å²) in [6, 6.07) is 15.2. The Morgan fingerprint density at radius 2 is 1.41 bits per heavy atom. The third kappa shape index (κ3) is 3.82. The minimum atomic E-state index is -0.651. The highest BCUT2D eigenvalue weighted by Crippen LogP contribution is 2.27. The van der Waals surface area contributed by atoms with Gasteiger partial charge in [-0.25, -0.2) is 0 Å². The van der Waals surface area contributed by atoms with Crippen LogP contribution in [0.3, 0.4) is 0 Å². The van der Waals surface area contributed by atoms with Crippen LogP contribution in [0.1, 0.15) is 11.1 Å². The van der Waals surface area contributed by atoms with Crippen LogP contribution in [0.4, 0.5) is 11.4 Å². The Morgan fingerprint density at radius 1 is 0.909 bits per heavy atom. The van der Waals surface area contributed by atoms with Crippen LogP contribution in [0.5, 0.6) is 0 Å². The second-order valence-corrected chi connectivity index (χ2v) is 5.09. The molecule has 0 unspecified atom stereocenters. The molecule has 0 heterocycles. The van der Waals surface area contributed by atoms with E-state index in [0.717, 1.165) is 28.6 Å². The summed E-state index contributed by atoms with van der Waals surface area (Å²) in [6.45, 7) is 3.92. The van der Waals surface area contributed by atoms with E-state index in [0.29, 0.717) is 0 Å². The summed E-state index contributed by atoms with van der Waals surface area (Å²) in [4.78, 5) is 24.9. The summed E-state index contributed by atoms with van der Waals surface area (Å²) in [5.41, 5.74) is 8.64. The van der Waals surface area contributed by atoms with E-state index in [-0.39, 0.29) is 5.91 Å². The molecule has 0 aromatic heterocycles. The van der Waals surface area contributed by atoms with Crippen LogP contribution in [0.15, 0.2) is 60.7 Å². The molecule has 22 heavy (non-hydrogen) atoms. The van der Waals surface area contributed by atoms with Crippen molar-refractivity contribution in [1.82, 2.24) is 0 Å². The molecule has 0 spiro atoms. The van der Waals surface area contributed by atoms with Gasteiger partial charge in [0.2, 0.25) is 5.91 Å². The van der Waals surface area contributed by atoms with Gasteiger partial charge in [-0.2, -0.15) is 0 Å². The predicted octanol–water partition coefficient (Wildman–Crippen LogP) is 3.01. The van der Waals surface area contributed by atoms with E-state index in [9.17, 15) is 9.59 Å². The summed E-state index contributed by atoms with van der Waals surface area (Å²) in [5.74, 6) is -0.975. The van der Waals surface area contributed by atoms with Crippen molar-refractivity contribution >= 4 is 23.2 Å². The third-order valence-corrected chi connectivity index (χ3v) is 3.13. The van der Waals surface area contributed by atoms with Gasteiger partial charge in [-0.3, -0.25) is 14.5 Å². The van der Waals surface area contributed by atoms with Gasteiger partial charge >= 0.3 is 0 Å². The molecular weight excluding hydrogens is 276 g/mol. The molecule has 2 N–H and O–H groups in total. The normalized spacial score (nSPS) is 10.6. The number of aryl methyl sites for hydroxylation is 2. The summed E-state index contributed by atoms with van der Waals surface area (Å²) in [5, 5.41) is 0. The lowest BCUT2D eigenvalue weighted by molar-refractivity contribution is -0.115. The fourth-order valence-corrected chi connectivity index (χ4v) is 2.17. The van der Waals surface area contributed by atoms with Crippen molar-refractivity contribution in [2.75, 3.05) is 4.90 Å². The second-order valence-electron chi connectivity index (χ2n) is 5.09. The topological polar surface area (TPSA) is 63.4 Å². The number of hydrogen-bond donors (Lipinski definition) is 1. The molecule has 0 aliphatic carbocycles. The summed E-state index contributed by atoms with van der Waals surface area (Å²) < 4.78 is 0. The van der Waals surface area contributed by atoms with Gasteiger partial charge in [-0.1, -0.05) is 24.3 Å². The first-order valence-corrected chi connectivity index (χ1v) is 6.92. The zero-order valence-electron chi connectivity index (χ0n) is 12.6. The number of nitrogens with zero attached hydrogens (tertiary/aromatic N) is 1. The van der Waals surface area contributed by atoms with E-state index < -0.39 is 5.91 Å². The van der Waals surface area contributed by atoms with Gasteiger partial charge in [0.05, 0.1) is 0 Å². The highest BCUT2D eigenvalue weighted by Gasteiger charge is 2.16. The van der Waals surface area contributed by atoms with Crippen molar-refractivity contribution in [2.24, 2.45) is 5.73 Å². The minimum Gasteiger partial charge on any atom is -0.366 e. The molecule has 2 rings (SSSR count). The van der Waals surface area contributed by atoms with E-state index >= 15 is 0 Å². The standard InChI is InChI=1S/C18H18N2O2/c1-13-5-3-7-15(11-13)20(18(22)10-9-17(19)21)16-8-4-6-14(2)12-16/h3-12H,1-2H3,(H2,19,21)/b10-9+. The quantitative estimate of drug-likeness (QED) is 0.881. The Balaban J connectivity index is 2.49. The monoisotopic (exact) mass is 294 g/mol. The average molecular weight is 294 g/mol. The SMILES string of the molecule is Cc1cccc(N(C(=O)/C=C/C(N)=O)c2cccc(C)c2)c1. The van der Waals surface area contributed by atoms with Crippen LogP contribution in [-0.2, 0) is 9.59 Å². The maximum atomic E-state index is 12.5. The minimum absolute atomic E-state index is 0.324. The number of rotatable bonds is 4. The van der Waals surface area contributed by atoms with E-state index in [1.807, 2.05) is 62.4 Å². The van der Waals surface area contributed by atoms with Crippen molar-refractivity contribution in [3.05, 3.63) is 71.8 Å². The number of nitrogens with two attached hydrogens (primary N) is 1. The molecule has 0 atom stereocenters. The van der Waals surface area contributed by atoms with Crippen molar-refractivity contribution in [1.29, 1.82) is 0 Å². The lowest BCUT2D eigenvalue weighted by Gasteiger charge is -2.22. The number of benzene rings is 2. The molecule has 2 amide bonds. The molecule has 2 aromatic carbocycles. The summed E-state index contributed by atoms with van der Waals surface area (Å²) in [7, 11) is 0. The Labute approximate surface area is 129 Å². The van der Waals surface area contributed by atoms with Gasteiger partial charge in [-0.05, 0) is 49.2 Å². The molecule has 0 aliphatic rings. The first-order valence-electron chi connectivity index (χ1n) is 6.92. The zero-order chi connectivity index (χ0) is 16.1. The number of primary amides is 1. The fourth-order valence-electron chi connectivity index (χ4n) is 2.17. The van der Waals surface area contributed by atoms with Crippen LogP contribution in [0.25, 0.3) is 0 Å². The van der Waals surface area contributed by atoms with Crippen molar-refractivity contribution in [3.8, 4) is 0 Å². The van der Waals surface area contributed by atoms with Crippen LogP contribution in [0.2, 0.25) is 0 Å². The van der Waals surface area contributed by atoms with Gasteiger partial charge in [0.1, 0.15) is 0 Å². The van der Waals surface area contributed by atoms with Gasteiger partial charge in [0, 0.05) is 23.5 Å². The summed E-state index contributed by atoms with van der Waals surface area (Å²) in [6.07, 6.45) is 2.26. The van der Waals surface area contributed by atoms with Gasteiger partial charge in [-0.15, -0.1) is 0 Å². The van der Waals surface area contributed by atoms with Crippen molar-refractivity contribution in [2.45, 2.75) is 13.8 Å². The van der Waals surface area contributed by atoms with Gasteiger partial charge in [0.15, 0.2) is 0 Å². The van der Waals surface area contributed by atoms with Crippen LogP contribution in [-0.4, -0.2) is 11.8 Å². The maximum Gasteiger partial charge on any atom is 0.255 e. The number of amides is 2. The average Bonchev–Trinajstić information content (AvgIpc) is 2.45. The largest absolute Gasteiger partial charge is 0.366 e. The molecule has 112 valence electrons. The molecule has 0 fully saturated rings. The molecule has 0 aliphatic heterocycles. The van der Waals surface area contributed by atoms with Crippen LogP contribution >= 0.6 is 0 Å².